The molecule has 4 heteroatoms. The van der Waals surface area contributed by atoms with Gasteiger partial charge in [0.2, 0.25) is 0 Å². The zero-order valence-electron chi connectivity index (χ0n) is 14.8. The Balaban J connectivity index is 1.82. The molecule has 0 aromatic heterocycles. The Bertz CT molecular complexity index is 600. The van der Waals surface area contributed by atoms with Crippen LogP contribution < -0.4 is 0 Å². The lowest BCUT2D eigenvalue weighted by Gasteiger charge is -2.64. The van der Waals surface area contributed by atoms with E-state index in [4.69, 9.17) is 0 Å². The third-order valence-corrected chi connectivity index (χ3v) is 8.65. The maximum atomic E-state index is 12.1. The lowest BCUT2D eigenvalue weighted by atomic mass is 9.40. The molecular weight excluding hydrogens is 304 g/mol. The highest BCUT2D eigenvalue weighted by molar-refractivity contribution is 5.75. The Labute approximate surface area is 144 Å². The molecule has 4 nitrogen and oxygen atoms in total. The summed E-state index contributed by atoms with van der Waals surface area (Å²) < 4.78 is 0. The minimum atomic E-state index is -0.717. The average Bonchev–Trinajstić information content (AvgIpc) is 2.68. The van der Waals surface area contributed by atoms with Gasteiger partial charge in [0.25, 0.3) is 0 Å². The predicted molar refractivity (Wildman–Crippen MR) is 90.2 cm³/mol. The maximum absolute atomic E-state index is 12.1. The molecule has 0 saturated heterocycles. The highest BCUT2D eigenvalue weighted by Crippen LogP contribution is 2.72. The van der Waals surface area contributed by atoms with Crippen LogP contribution in [0.4, 0.5) is 0 Å². The van der Waals surface area contributed by atoms with E-state index in [1.54, 1.807) is 0 Å². The van der Waals surface area contributed by atoms with Crippen molar-refractivity contribution in [2.75, 3.05) is 0 Å². The van der Waals surface area contributed by atoms with Crippen molar-refractivity contribution in [2.24, 2.45) is 34.0 Å². The van der Waals surface area contributed by atoms with Gasteiger partial charge in [-0.3, -0.25) is 4.79 Å². The second-order valence-corrected chi connectivity index (χ2v) is 9.57. The highest BCUT2D eigenvalue weighted by Gasteiger charge is 2.69. The summed E-state index contributed by atoms with van der Waals surface area (Å²) in [5.74, 6) is -0.429. The second kappa shape index (κ2) is 4.85. The van der Waals surface area contributed by atoms with Crippen LogP contribution in [0.15, 0.2) is 12.2 Å². The third-order valence-electron chi connectivity index (χ3n) is 8.65. The van der Waals surface area contributed by atoms with Crippen molar-refractivity contribution in [2.45, 2.75) is 71.0 Å². The van der Waals surface area contributed by atoms with E-state index in [9.17, 15) is 20.1 Å². The van der Waals surface area contributed by atoms with Crippen LogP contribution in [0.5, 0.6) is 0 Å². The molecule has 4 fully saturated rings. The molecule has 1 unspecified atom stereocenters. The zero-order chi connectivity index (χ0) is 17.5. The third kappa shape index (κ3) is 1.74. The molecular formula is C20H30O4. The van der Waals surface area contributed by atoms with Crippen molar-refractivity contribution in [3.05, 3.63) is 12.2 Å². The summed E-state index contributed by atoms with van der Waals surface area (Å²) in [5, 5.41) is 31.9. The standard InChI is InChI=1S/C20H30O4/c1-11-12-9-13(21)15-18(2)6-4-7-19(3,17(23)24)14(18)5-8-20(15,10-12)16(11)22/h12-16,21-22H,1,4-10H2,2-3H3,(H,23,24)/t12-,13?,14-,15+,16-,18-,19-,20-/m1/s1. The molecule has 4 aliphatic rings. The van der Waals surface area contributed by atoms with Crippen molar-refractivity contribution in [1.82, 2.24) is 0 Å². The first-order valence-corrected chi connectivity index (χ1v) is 9.45. The van der Waals surface area contributed by atoms with E-state index in [1.165, 1.54) is 0 Å². The van der Waals surface area contributed by atoms with Gasteiger partial charge in [0.05, 0.1) is 17.6 Å². The average molecular weight is 334 g/mol. The number of carbonyl (C=O) groups is 1. The van der Waals surface area contributed by atoms with E-state index in [0.717, 1.165) is 44.1 Å². The van der Waals surface area contributed by atoms with Crippen molar-refractivity contribution >= 4 is 5.97 Å². The molecule has 0 amide bonds. The molecule has 2 bridgehead atoms. The molecule has 24 heavy (non-hydrogen) atoms. The SMILES string of the molecule is C=C1[C@@H]2CC(O)[C@H]3[C@]4(C)CCC[C@@](C)(C(=O)O)[C@@H]4CC[C@]3(C2)[C@@H]1O. The monoisotopic (exact) mass is 334 g/mol. The quantitative estimate of drug-likeness (QED) is 0.644. The van der Waals surface area contributed by atoms with Crippen LogP contribution in [0.2, 0.25) is 0 Å². The Morgan fingerprint density at radius 1 is 1.21 bits per heavy atom. The summed E-state index contributed by atoms with van der Waals surface area (Å²) in [6, 6.07) is 0. The van der Waals surface area contributed by atoms with Crippen LogP contribution in [-0.2, 0) is 4.79 Å². The minimum Gasteiger partial charge on any atom is -0.481 e. The van der Waals surface area contributed by atoms with Gasteiger partial charge < -0.3 is 15.3 Å². The number of aliphatic hydroxyl groups excluding tert-OH is 2. The second-order valence-electron chi connectivity index (χ2n) is 9.57. The van der Waals surface area contributed by atoms with Gasteiger partial charge in [0.1, 0.15) is 0 Å². The van der Waals surface area contributed by atoms with Crippen LogP contribution in [0.3, 0.4) is 0 Å². The normalized spacial score (nSPS) is 56.5. The maximum Gasteiger partial charge on any atom is 0.309 e. The number of hydrogen-bond donors (Lipinski definition) is 3. The van der Waals surface area contributed by atoms with Gasteiger partial charge in [-0.25, -0.2) is 0 Å². The first-order chi connectivity index (χ1) is 11.2. The fourth-order valence-electron chi connectivity index (χ4n) is 7.73. The lowest BCUT2D eigenvalue weighted by Crippen LogP contribution is -2.63. The summed E-state index contributed by atoms with van der Waals surface area (Å²) in [6.45, 7) is 8.22. The summed E-state index contributed by atoms with van der Waals surface area (Å²) in [7, 11) is 0. The molecule has 8 atom stereocenters. The molecule has 134 valence electrons. The molecule has 4 aliphatic carbocycles. The van der Waals surface area contributed by atoms with E-state index < -0.39 is 23.6 Å². The van der Waals surface area contributed by atoms with E-state index in [-0.39, 0.29) is 28.6 Å². The number of aliphatic carboxylic acids is 1. The highest BCUT2D eigenvalue weighted by atomic mass is 16.4. The molecule has 1 spiro atoms. The number of rotatable bonds is 1. The van der Waals surface area contributed by atoms with Gasteiger partial charge in [0.15, 0.2) is 0 Å². The fourth-order valence-corrected chi connectivity index (χ4v) is 7.73. The summed E-state index contributed by atoms with van der Waals surface area (Å²) in [6.07, 6.45) is 4.80. The molecule has 0 radical (unpaired) electrons. The number of carboxylic acid groups (broad SMARTS) is 1. The number of aliphatic hydroxyl groups is 2. The van der Waals surface area contributed by atoms with Crippen molar-refractivity contribution < 1.29 is 20.1 Å². The number of fused-ring (bicyclic) bond motifs is 3. The smallest absolute Gasteiger partial charge is 0.309 e. The minimum absolute atomic E-state index is 0.0202. The molecule has 4 rings (SSSR count). The van der Waals surface area contributed by atoms with Gasteiger partial charge >= 0.3 is 5.97 Å². The molecule has 0 heterocycles. The van der Waals surface area contributed by atoms with E-state index in [1.807, 2.05) is 6.92 Å². The molecule has 0 aromatic rings. The van der Waals surface area contributed by atoms with E-state index >= 15 is 0 Å². The van der Waals surface area contributed by atoms with Crippen molar-refractivity contribution in [3.8, 4) is 0 Å². The zero-order valence-corrected chi connectivity index (χ0v) is 14.8. The Morgan fingerprint density at radius 2 is 1.92 bits per heavy atom. The topological polar surface area (TPSA) is 77.8 Å². The van der Waals surface area contributed by atoms with Crippen LogP contribution in [-0.4, -0.2) is 33.5 Å². The molecule has 0 aromatic carbocycles. The Kier molecular flexibility index (Phi) is 3.35. The fraction of sp³-hybridized carbons (Fsp3) is 0.850. The van der Waals surface area contributed by atoms with Crippen LogP contribution in [0.1, 0.15) is 58.8 Å². The number of hydrogen-bond acceptors (Lipinski definition) is 3. The van der Waals surface area contributed by atoms with E-state index in [0.29, 0.717) is 6.42 Å². The van der Waals surface area contributed by atoms with Crippen LogP contribution >= 0.6 is 0 Å². The molecule has 3 N–H and O–H groups in total. The lowest BCUT2D eigenvalue weighted by molar-refractivity contribution is -0.212. The van der Waals surface area contributed by atoms with Gasteiger partial charge in [0, 0.05) is 5.41 Å². The summed E-state index contributed by atoms with van der Waals surface area (Å²) in [4.78, 5) is 12.1. The first-order valence-electron chi connectivity index (χ1n) is 9.45. The Morgan fingerprint density at radius 3 is 2.58 bits per heavy atom. The van der Waals surface area contributed by atoms with Gasteiger partial charge in [-0.05, 0) is 74.2 Å². The Hall–Kier alpha value is -0.870. The van der Waals surface area contributed by atoms with Crippen molar-refractivity contribution in [1.29, 1.82) is 0 Å². The van der Waals surface area contributed by atoms with Crippen LogP contribution in [0.25, 0.3) is 0 Å². The molecule has 0 aliphatic heterocycles. The van der Waals surface area contributed by atoms with Gasteiger partial charge in [-0.2, -0.15) is 0 Å². The molecule has 4 saturated carbocycles. The first kappa shape index (κ1) is 16.6. The van der Waals surface area contributed by atoms with Gasteiger partial charge in [-0.1, -0.05) is 19.9 Å². The largest absolute Gasteiger partial charge is 0.481 e. The van der Waals surface area contributed by atoms with Gasteiger partial charge in [-0.15, -0.1) is 0 Å². The summed E-state index contributed by atoms with van der Waals surface area (Å²) in [5.41, 5.74) is -0.331. The summed E-state index contributed by atoms with van der Waals surface area (Å²) >= 11 is 0. The van der Waals surface area contributed by atoms with Crippen LogP contribution in [0, 0.1) is 34.0 Å². The predicted octanol–water partition coefficient (Wildman–Crippen LogP) is 2.98. The van der Waals surface area contributed by atoms with E-state index in [2.05, 4.69) is 13.5 Å². The van der Waals surface area contributed by atoms with Crippen molar-refractivity contribution in [3.63, 3.8) is 0 Å². The number of carboxylic acids is 1.